The molecule has 0 saturated carbocycles. The van der Waals surface area contributed by atoms with Crippen LogP contribution in [0.15, 0.2) is 36.4 Å². The van der Waals surface area contributed by atoms with Crippen LogP contribution < -0.4 is 19.1 Å². The molecule has 0 aliphatic carbocycles. The topological polar surface area (TPSA) is 128 Å². The summed E-state index contributed by atoms with van der Waals surface area (Å²) in [5.74, 6) is 0.649. The Labute approximate surface area is 192 Å². The Morgan fingerprint density at radius 2 is 2.00 bits per heavy atom. The van der Waals surface area contributed by atoms with Crippen LogP contribution in [-0.4, -0.2) is 44.8 Å². The van der Waals surface area contributed by atoms with Gasteiger partial charge >= 0.3 is 0 Å². The number of sulfonamides is 1. The fourth-order valence-electron chi connectivity index (χ4n) is 3.82. The third-order valence-corrected chi connectivity index (χ3v) is 6.50. The van der Waals surface area contributed by atoms with E-state index in [0.29, 0.717) is 23.5 Å². The fourth-order valence-corrected chi connectivity index (χ4v) is 4.73. The van der Waals surface area contributed by atoms with Gasteiger partial charge in [-0.05, 0) is 44.5 Å². The van der Waals surface area contributed by atoms with Gasteiger partial charge in [0.25, 0.3) is 5.69 Å². The Morgan fingerprint density at radius 1 is 1.30 bits per heavy atom. The second kappa shape index (κ2) is 8.89. The second-order valence-corrected chi connectivity index (χ2v) is 10.5. The minimum absolute atomic E-state index is 0.0798. The number of rotatable bonds is 7. The molecule has 1 atom stereocenters. The highest BCUT2D eigenvalue weighted by Crippen LogP contribution is 2.41. The molecule has 0 spiro atoms. The maximum atomic E-state index is 13.0. The minimum Gasteiger partial charge on any atom is -0.497 e. The number of hydrogen-bond donors (Lipinski definition) is 1. The Bertz CT molecular complexity index is 1190. The van der Waals surface area contributed by atoms with Crippen molar-refractivity contribution in [2.45, 2.75) is 38.8 Å². The van der Waals surface area contributed by atoms with Crippen LogP contribution in [0.4, 0.5) is 11.4 Å². The Hall–Kier alpha value is -3.34. The smallest absolute Gasteiger partial charge is 0.271 e. The van der Waals surface area contributed by atoms with Crippen molar-refractivity contribution in [3.05, 3.63) is 57.6 Å². The minimum atomic E-state index is -3.91. The lowest BCUT2D eigenvalue weighted by Gasteiger charge is -2.38. The molecule has 1 unspecified atom stereocenters. The van der Waals surface area contributed by atoms with E-state index in [1.54, 1.807) is 25.1 Å². The van der Waals surface area contributed by atoms with E-state index in [9.17, 15) is 23.3 Å². The van der Waals surface area contributed by atoms with E-state index in [2.05, 4.69) is 5.32 Å². The first-order valence-corrected chi connectivity index (χ1v) is 12.0. The zero-order valence-corrected chi connectivity index (χ0v) is 19.9. The van der Waals surface area contributed by atoms with Crippen LogP contribution >= 0.6 is 0 Å². The number of aryl methyl sites for hydroxylation is 1. The van der Waals surface area contributed by atoms with Crippen molar-refractivity contribution in [3.63, 3.8) is 0 Å². The van der Waals surface area contributed by atoms with E-state index in [-0.39, 0.29) is 11.4 Å². The van der Waals surface area contributed by atoms with Gasteiger partial charge in [0.15, 0.2) is 0 Å². The average Bonchev–Trinajstić information content (AvgIpc) is 2.70. The number of carbonyl (C=O) groups excluding carboxylic acids is 1. The molecule has 11 heteroatoms. The van der Waals surface area contributed by atoms with Crippen LogP contribution in [0.2, 0.25) is 0 Å². The number of nitrogens with one attached hydrogen (secondary N) is 1. The zero-order chi connectivity index (χ0) is 24.6. The number of carbonyl (C=O) groups is 1. The molecule has 1 heterocycles. The summed E-state index contributed by atoms with van der Waals surface area (Å²) in [4.78, 5) is 23.6. The van der Waals surface area contributed by atoms with Crippen molar-refractivity contribution in [3.8, 4) is 11.5 Å². The first kappa shape index (κ1) is 24.3. The van der Waals surface area contributed by atoms with Crippen LogP contribution in [0.1, 0.15) is 37.4 Å². The van der Waals surface area contributed by atoms with Gasteiger partial charge < -0.3 is 14.8 Å². The maximum Gasteiger partial charge on any atom is 0.271 e. The molecule has 0 fully saturated rings. The molecular formula is C22H27N3O7S. The number of anilines is 1. The highest BCUT2D eigenvalue weighted by molar-refractivity contribution is 7.92. The van der Waals surface area contributed by atoms with E-state index in [4.69, 9.17) is 9.47 Å². The zero-order valence-electron chi connectivity index (χ0n) is 19.1. The number of hydrogen-bond acceptors (Lipinski definition) is 7. The monoisotopic (exact) mass is 477 g/mol. The van der Waals surface area contributed by atoms with Gasteiger partial charge in [-0.3, -0.25) is 19.2 Å². The first-order chi connectivity index (χ1) is 15.3. The van der Waals surface area contributed by atoms with Crippen molar-refractivity contribution >= 4 is 27.3 Å². The Balaban J connectivity index is 1.91. The number of non-ortho nitro benzene ring substituents is 1. The van der Waals surface area contributed by atoms with Gasteiger partial charge in [-0.25, -0.2) is 8.42 Å². The largest absolute Gasteiger partial charge is 0.497 e. The molecular weight excluding hydrogens is 450 g/mol. The molecule has 0 bridgehead atoms. The van der Waals surface area contributed by atoms with Gasteiger partial charge in [-0.15, -0.1) is 0 Å². The molecule has 1 N–H and O–H groups in total. The molecule has 1 aliphatic heterocycles. The molecule has 0 aromatic heterocycles. The van der Waals surface area contributed by atoms with Crippen LogP contribution in [0, 0.1) is 17.0 Å². The van der Waals surface area contributed by atoms with Gasteiger partial charge in [-0.1, -0.05) is 6.07 Å². The third-order valence-electron chi connectivity index (χ3n) is 5.37. The number of nitro benzene ring substituents is 1. The van der Waals surface area contributed by atoms with E-state index in [1.165, 1.54) is 19.2 Å². The maximum absolute atomic E-state index is 13.0. The number of fused-ring (bicyclic) bond motifs is 1. The standard InChI is InChI=1S/C22H27N3O7S/c1-14-6-7-15(25(27)28)10-19(14)24(33(5,29)30)13-21(26)23-18-12-22(2,3)32-20-9-8-16(31-4)11-17(18)20/h6-11,18H,12-13H2,1-5H3,(H,23,26). The average molecular weight is 478 g/mol. The molecule has 3 rings (SSSR count). The van der Waals surface area contributed by atoms with E-state index < -0.39 is 39.0 Å². The van der Waals surface area contributed by atoms with Crippen molar-refractivity contribution < 1.29 is 27.6 Å². The molecule has 2 aromatic rings. The van der Waals surface area contributed by atoms with Gasteiger partial charge in [-0.2, -0.15) is 0 Å². The van der Waals surface area contributed by atoms with E-state index in [0.717, 1.165) is 22.2 Å². The van der Waals surface area contributed by atoms with Crippen LogP contribution in [0.25, 0.3) is 0 Å². The summed E-state index contributed by atoms with van der Waals surface area (Å²) in [6, 6.07) is 8.74. The van der Waals surface area contributed by atoms with Crippen molar-refractivity contribution in [1.29, 1.82) is 0 Å². The highest BCUT2D eigenvalue weighted by Gasteiger charge is 2.35. The third kappa shape index (κ3) is 5.54. The Kier molecular flexibility index (Phi) is 6.55. The predicted molar refractivity (Wildman–Crippen MR) is 123 cm³/mol. The number of methoxy groups -OCH3 is 1. The normalized spacial score (nSPS) is 16.8. The molecule has 0 radical (unpaired) electrons. The van der Waals surface area contributed by atoms with Crippen LogP contribution in [0.3, 0.4) is 0 Å². The van der Waals surface area contributed by atoms with Gasteiger partial charge in [0.1, 0.15) is 23.6 Å². The number of nitrogens with zero attached hydrogens (tertiary/aromatic N) is 2. The SMILES string of the molecule is COc1ccc2c(c1)C(NC(=O)CN(c1cc([N+](=O)[O-])ccc1C)S(C)(=O)=O)CC(C)(C)O2. The number of benzene rings is 2. The van der Waals surface area contributed by atoms with Gasteiger partial charge in [0.05, 0.1) is 30.0 Å². The highest BCUT2D eigenvalue weighted by atomic mass is 32.2. The molecule has 1 aliphatic rings. The van der Waals surface area contributed by atoms with Crippen molar-refractivity contribution in [2.75, 3.05) is 24.2 Å². The van der Waals surface area contributed by atoms with Crippen LogP contribution in [0.5, 0.6) is 11.5 Å². The number of amides is 1. The molecule has 178 valence electrons. The van der Waals surface area contributed by atoms with Gasteiger partial charge in [0, 0.05) is 24.1 Å². The number of ether oxygens (including phenoxy) is 2. The number of nitro groups is 1. The summed E-state index contributed by atoms with van der Waals surface area (Å²) in [6.45, 7) is 4.89. The van der Waals surface area contributed by atoms with Crippen molar-refractivity contribution in [2.24, 2.45) is 0 Å². The summed E-state index contributed by atoms with van der Waals surface area (Å²) in [5, 5.41) is 14.1. The quantitative estimate of drug-likeness (QED) is 0.479. The predicted octanol–water partition coefficient (Wildman–Crippen LogP) is 3.10. The summed E-state index contributed by atoms with van der Waals surface area (Å²) < 4.78 is 37.2. The molecule has 0 saturated heterocycles. The summed E-state index contributed by atoms with van der Waals surface area (Å²) >= 11 is 0. The molecule has 10 nitrogen and oxygen atoms in total. The Morgan fingerprint density at radius 3 is 2.61 bits per heavy atom. The summed E-state index contributed by atoms with van der Waals surface area (Å²) in [5.41, 5.74) is 0.459. The van der Waals surface area contributed by atoms with Gasteiger partial charge in [0.2, 0.25) is 15.9 Å². The van der Waals surface area contributed by atoms with E-state index in [1.807, 2.05) is 13.8 Å². The lowest BCUT2D eigenvalue weighted by Crippen LogP contribution is -2.45. The lowest BCUT2D eigenvalue weighted by atomic mass is 9.89. The molecule has 2 aromatic carbocycles. The first-order valence-electron chi connectivity index (χ1n) is 10.2. The van der Waals surface area contributed by atoms with E-state index >= 15 is 0 Å². The molecule has 33 heavy (non-hydrogen) atoms. The summed E-state index contributed by atoms with van der Waals surface area (Å²) in [7, 11) is -2.37. The lowest BCUT2D eigenvalue weighted by molar-refractivity contribution is -0.384. The second-order valence-electron chi connectivity index (χ2n) is 8.59. The van der Waals surface area contributed by atoms with Crippen LogP contribution in [-0.2, 0) is 14.8 Å². The molecule has 1 amide bonds. The fraction of sp³-hybridized carbons (Fsp3) is 0.409. The summed E-state index contributed by atoms with van der Waals surface area (Å²) in [6.07, 6.45) is 1.41. The van der Waals surface area contributed by atoms with Crippen molar-refractivity contribution in [1.82, 2.24) is 5.32 Å².